The third-order valence-corrected chi connectivity index (χ3v) is 6.89. The molecule has 1 aromatic heterocycles. The molecule has 5 rings (SSSR count). The van der Waals surface area contributed by atoms with Gasteiger partial charge in [0.1, 0.15) is 60.0 Å². The monoisotopic (exact) mass is 528 g/mol. The number of fused-ring (bicyclic) bond motifs is 1. The van der Waals surface area contributed by atoms with Gasteiger partial charge in [-0.3, -0.25) is 0 Å². The number of aliphatic hydroxyl groups excluding tert-OH is 4. The zero-order valence-corrected chi connectivity index (χ0v) is 20.4. The third-order valence-electron chi connectivity index (χ3n) is 6.52. The highest BCUT2D eigenvalue weighted by Gasteiger charge is 2.44. The van der Waals surface area contributed by atoms with Crippen LogP contribution in [-0.4, -0.2) is 51.4 Å². The lowest BCUT2D eigenvalue weighted by Gasteiger charge is -2.40. The average molecular weight is 529 g/mol. The normalized spacial score (nSPS) is 23.9. The molecule has 1 saturated heterocycles. The summed E-state index contributed by atoms with van der Waals surface area (Å²) in [6.45, 7) is -0.298. The molecule has 5 atom stereocenters. The Morgan fingerprint density at radius 2 is 1.68 bits per heavy atom. The zero-order chi connectivity index (χ0) is 26.1. The lowest BCUT2D eigenvalue weighted by molar-refractivity contribution is -0.231. The van der Waals surface area contributed by atoms with Crippen LogP contribution in [0.2, 0.25) is 5.02 Å². The van der Waals surface area contributed by atoms with Crippen LogP contribution in [-0.2, 0) is 17.8 Å². The molecule has 4 aromatic rings. The Balaban J connectivity index is 1.26. The minimum absolute atomic E-state index is 0.197. The number of halogens is 2. The fraction of sp³-hybridized carbons (Fsp3) is 0.286. The van der Waals surface area contributed by atoms with Gasteiger partial charge in [0.2, 0.25) is 0 Å². The van der Waals surface area contributed by atoms with Gasteiger partial charge < -0.3 is 34.3 Å². The molecule has 0 saturated carbocycles. The highest BCUT2D eigenvalue weighted by atomic mass is 35.5. The van der Waals surface area contributed by atoms with Crippen molar-refractivity contribution in [2.24, 2.45) is 0 Å². The lowest BCUT2D eigenvalue weighted by atomic mass is 9.90. The van der Waals surface area contributed by atoms with Gasteiger partial charge in [0.15, 0.2) is 0 Å². The number of furan rings is 1. The predicted octanol–water partition coefficient (Wildman–Crippen LogP) is 3.91. The van der Waals surface area contributed by atoms with E-state index in [1.807, 2.05) is 30.3 Å². The first-order chi connectivity index (χ1) is 17.8. The topological polar surface area (TPSA) is 113 Å². The molecule has 2 heterocycles. The first-order valence-electron chi connectivity index (χ1n) is 11.8. The Bertz CT molecular complexity index is 1370. The molecule has 9 heteroatoms. The van der Waals surface area contributed by atoms with Crippen LogP contribution in [0.5, 0.6) is 5.75 Å². The summed E-state index contributed by atoms with van der Waals surface area (Å²) in [4.78, 5) is 0. The van der Waals surface area contributed by atoms with Crippen molar-refractivity contribution in [1.82, 2.24) is 0 Å². The van der Waals surface area contributed by atoms with Crippen LogP contribution in [0.3, 0.4) is 0 Å². The van der Waals surface area contributed by atoms with Crippen molar-refractivity contribution in [2.75, 3.05) is 6.61 Å². The van der Waals surface area contributed by atoms with Crippen LogP contribution in [0.1, 0.15) is 28.6 Å². The molecule has 7 nitrogen and oxygen atoms in total. The predicted molar refractivity (Wildman–Crippen MR) is 134 cm³/mol. The molecule has 1 aliphatic heterocycles. The molecular weight excluding hydrogens is 503 g/mol. The van der Waals surface area contributed by atoms with Crippen molar-refractivity contribution in [2.45, 2.75) is 43.5 Å². The van der Waals surface area contributed by atoms with Crippen molar-refractivity contribution >= 4 is 22.6 Å². The van der Waals surface area contributed by atoms with E-state index in [0.29, 0.717) is 34.1 Å². The van der Waals surface area contributed by atoms with Crippen molar-refractivity contribution in [3.05, 3.63) is 100 Å². The Labute approximate surface area is 217 Å². The lowest BCUT2D eigenvalue weighted by Crippen LogP contribution is -2.55. The van der Waals surface area contributed by atoms with Crippen LogP contribution in [0, 0.1) is 5.82 Å². The molecule has 3 aromatic carbocycles. The maximum Gasteiger partial charge on any atom is 0.146 e. The Hall–Kier alpha value is -2.98. The van der Waals surface area contributed by atoms with Gasteiger partial charge in [0.25, 0.3) is 0 Å². The molecule has 1 aliphatic rings. The van der Waals surface area contributed by atoms with Crippen LogP contribution < -0.4 is 4.74 Å². The summed E-state index contributed by atoms with van der Waals surface area (Å²) in [7, 11) is 0. The van der Waals surface area contributed by atoms with Gasteiger partial charge in [0.05, 0.1) is 6.61 Å². The van der Waals surface area contributed by atoms with E-state index in [0.717, 1.165) is 16.5 Å². The first kappa shape index (κ1) is 25.7. The summed E-state index contributed by atoms with van der Waals surface area (Å²) in [6.07, 6.45) is -5.68. The van der Waals surface area contributed by atoms with Gasteiger partial charge in [-0.1, -0.05) is 35.9 Å². The van der Waals surface area contributed by atoms with Gasteiger partial charge in [0, 0.05) is 16.5 Å². The van der Waals surface area contributed by atoms with Gasteiger partial charge in [-0.25, -0.2) is 4.39 Å². The Morgan fingerprint density at radius 1 is 0.892 bits per heavy atom. The fourth-order valence-electron chi connectivity index (χ4n) is 4.49. The summed E-state index contributed by atoms with van der Waals surface area (Å²) in [6, 6.07) is 18.8. The average Bonchev–Trinajstić information content (AvgIpc) is 3.30. The first-order valence-corrected chi connectivity index (χ1v) is 12.2. The minimum Gasteiger partial charge on any atom is -0.486 e. The van der Waals surface area contributed by atoms with E-state index >= 15 is 0 Å². The zero-order valence-electron chi connectivity index (χ0n) is 19.6. The molecule has 0 aliphatic carbocycles. The molecule has 37 heavy (non-hydrogen) atoms. The van der Waals surface area contributed by atoms with Gasteiger partial charge in [-0.15, -0.1) is 0 Å². The highest BCUT2D eigenvalue weighted by Crippen LogP contribution is 2.34. The largest absolute Gasteiger partial charge is 0.486 e. The minimum atomic E-state index is -1.46. The van der Waals surface area contributed by atoms with Crippen LogP contribution in [0.15, 0.2) is 71.1 Å². The molecule has 0 bridgehead atoms. The molecule has 0 spiro atoms. The quantitative estimate of drug-likeness (QED) is 0.288. The van der Waals surface area contributed by atoms with E-state index in [1.54, 1.807) is 24.3 Å². The second-order valence-corrected chi connectivity index (χ2v) is 9.51. The van der Waals surface area contributed by atoms with Crippen LogP contribution in [0.25, 0.3) is 11.0 Å². The number of aliphatic hydroxyl groups is 4. The smallest absolute Gasteiger partial charge is 0.146 e. The fourth-order valence-corrected chi connectivity index (χ4v) is 4.68. The molecule has 0 unspecified atom stereocenters. The molecule has 4 N–H and O–H groups in total. The standard InChI is InChI=1S/C28H26ClFO7/c29-22-8-4-17(28-27(34)26(33)25(32)24(13-31)37-28)10-18(22)9-15-1-6-20(7-2-15)35-14-21-11-16-3-5-19(30)12-23(16)36-21/h1-8,10-12,24-28,31-34H,9,13-14H2/t24-,25-,26+,27-,28+/m1/s1. The molecular formula is C28H26ClFO7. The third kappa shape index (κ3) is 5.50. The molecule has 0 radical (unpaired) electrons. The van der Waals surface area contributed by atoms with Crippen LogP contribution >= 0.6 is 11.6 Å². The number of ether oxygens (including phenoxy) is 2. The second kappa shape index (κ2) is 10.8. The number of benzene rings is 3. The number of hydrogen-bond donors (Lipinski definition) is 4. The SMILES string of the molecule is OC[C@H]1O[C@@H](c2ccc(Cl)c(Cc3ccc(OCc4cc5ccc(F)cc5o4)cc3)c2)[C@H](O)[C@@H](O)[C@@H]1O. The Morgan fingerprint density at radius 3 is 2.43 bits per heavy atom. The Kier molecular flexibility index (Phi) is 7.48. The van der Waals surface area contributed by atoms with Crippen molar-refractivity contribution < 1.29 is 38.7 Å². The van der Waals surface area contributed by atoms with E-state index in [1.165, 1.54) is 12.1 Å². The maximum atomic E-state index is 13.4. The second-order valence-electron chi connectivity index (χ2n) is 9.10. The molecule has 1 fully saturated rings. The van der Waals surface area contributed by atoms with Crippen LogP contribution in [0.4, 0.5) is 4.39 Å². The number of rotatable bonds is 7. The van der Waals surface area contributed by atoms with Gasteiger partial charge >= 0.3 is 0 Å². The van der Waals surface area contributed by atoms with Gasteiger partial charge in [-0.2, -0.15) is 0 Å². The maximum absolute atomic E-state index is 13.4. The summed E-state index contributed by atoms with van der Waals surface area (Å²) in [5.41, 5.74) is 2.78. The van der Waals surface area contributed by atoms with E-state index < -0.39 is 37.1 Å². The summed E-state index contributed by atoms with van der Waals surface area (Å²) in [5.74, 6) is 0.863. The van der Waals surface area contributed by atoms with E-state index in [2.05, 4.69) is 0 Å². The van der Waals surface area contributed by atoms with Crippen molar-refractivity contribution in [3.63, 3.8) is 0 Å². The number of hydrogen-bond acceptors (Lipinski definition) is 7. The van der Waals surface area contributed by atoms with Crippen molar-refractivity contribution in [3.8, 4) is 5.75 Å². The van der Waals surface area contributed by atoms with Crippen molar-refractivity contribution in [1.29, 1.82) is 0 Å². The van der Waals surface area contributed by atoms with E-state index in [9.17, 15) is 24.8 Å². The molecule has 194 valence electrons. The van der Waals surface area contributed by atoms with E-state index in [4.69, 9.17) is 25.5 Å². The summed E-state index contributed by atoms with van der Waals surface area (Å²) < 4.78 is 30.5. The molecule has 0 amide bonds. The highest BCUT2D eigenvalue weighted by molar-refractivity contribution is 6.31. The summed E-state index contributed by atoms with van der Waals surface area (Å²) >= 11 is 6.43. The summed E-state index contributed by atoms with van der Waals surface area (Å²) in [5, 5.41) is 41.4. The van der Waals surface area contributed by atoms with Gasteiger partial charge in [-0.05, 0) is 59.5 Å². The van der Waals surface area contributed by atoms with E-state index in [-0.39, 0.29) is 12.4 Å².